The van der Waals surface area contributed by atoms with E-state index >= 15 is 0 Å². The fourth-order valence-corrected chi connectivity index (χ4v) is 6.28. The van der Waals surface area contributed by atoms with E-state index in [1.807, 2.05) is 72.6 Å². The minimum atomic E-state index is -0.781. The number of unbranched alkanes of at least 4 members (excludes halogenated alkanes) is 3. The number of ether oxygens (including phenoxy) is 2. The average molecular weight is 711 g/mol. The van der Waals surface area contributed by atoms with Crippen molar-refractivity contribution in [3.05, 3.63) is 119 Å². The lowest BCUT2D eigenvalue weighted by Crippen LogP contribution is -2.39. The quantitative estimate of drug-likeness (QED) is 0.0523. The van der Waals surface area contributed by atoms with Gasteiger partial charge < -0.3 is 46.1 Å². The van der Waals surface area contributed by atoms with E-state index in [-0.39, 0.29) is 36.4 Å². The normalized spacial score (nSPS) is 17.8. The molecule has 0 aromatic heterocycles. The van der Waals surface area contributed by atoms with E-state index in [0.717, 1.165) is 42.4 Å². The highest BCUT2D eigenvalue weighted by molar-refractivity contribution is 5.93. The molecule has 5 rings (SSSR count). The molecule has 4 aromatic carbocycles. The zero-order valence-corrected chi connectivity index (χ0v) is 29.6. The van der Waals surface area contributed by atoms with Gasteiger partial charge in [-0.1, -0.05) is 73.5 Å². The highest BCUT2D eigenvalue weighted by atomic mass is 16.7. The van der Waals surface area contributed by atoms with Crippen molar-refractivity contribution in [2.24, 2.45) is 0 Å². The molecule has 0 bridgehead atoms. The molecule has 0 aliphatic carbocycles. The van der Waals surface area contributed by atoms with Crippen molar-refractivity contribution in [1.29, 1.82) is 0 Å². The fourth-order valence-electron chi connectivity index (χ4n) is 6.28. The van der Waals surface area contributed by atoms with Crippen LogP contribution in [0, 0.1) is 0 Å². The van der Waals surface area contributed by atoms with E-state index in [1.165, 1.54) is 0 Å². The Morgan fingerprint density at radius 1 is 0.846 bits per heavy atom. The van der Waals surface area contributed by atoms with E-state index < -0.39 is 12.4 Å². The van der Waals surface area contributed by atoms with Crippen LogP contribution < -0.4 is 16.4 Å². The summed E-state index contributed by atoms with van der Waals surface area (Å²) in [6, 6.07) is 28.9. The summed E-state index contributed by atoms with van der Waals surface area (Å²) in [4.78, 5) is 26.9. The molecule has 1 fully saturated rings. The molecule has 0 radical (unpaired) electrons. The number of nitrogen functional groups attached to an aromatic ring is 1. The predicted molar refractivity (Wildman–Crippen MR) is 201 cm³/mol. The van der Waals surface area contributed by atoms with Crippen molar-refractivity contribution in [1.82, 2.24) is 4.90 Å². The summed E-state index contributed by atoms with van der Waals surface area (Å²) >= 11 is 0. The van der Waals surface area contributed by atoms with Crippen LogP contribution in [0.3, 0.4) is 0 Å². The number of aliphatic hydroxyl groups excluding tert-OH is 2. The summed E-state index contributed by atoms with van der Waals surface area (Å²) in [5.74, 6) is -0.0337. The molecule has 1 heterocycles. The predicted octanol–water partition coefficient (Wildman–Crippen LogP) is 6.60. The number of nitrogens with one attached hydrogen (secondary N) is 2. The molecule has 1 aliphatic rings. The van der Waals surface area contributed by atoms with Crippen LogP contribution in [0.25, 0.3) is 0 Å². The summed E-state index contributed by atoms with van der Waals surface area (Å²) < 4.78 is 12.9. The maximum atomic E-state index is 12.7. The summed E-state index contributed by atoms with van der Waals surface area (Å²) in [6.45, 7) is 0.841. The van der Waals surface area contributed by atoms with Gasteiger partial charge in [-0.15, -0.1) is 0 Å². The van der Waals surface area contributed by atoms with Gasteiger partial charge in [0.2, 0.25) is 11.8 Å². The first-order valence-electron chi connectivity index (χ1n) is 17.9. The van der Waals surface area contributed by atoms with Crippen molar-refractivity contribution in [2.75, 3.05) is 36.5 Å². The van der Waals surface area contributed by atoms with Gasteiger partial charge in [0.1, 0.15) is 5.75 Å². The van der Waals surface area contributed by atoms with Crippen LogP contribution in [-0.4, -0.2) is 58.3 Å². The third-order valence-corrected chi connectivity index (χ3v) is 9.13. The van der Waals surface area contributed by atoms with Crippen LogP contribution in [0.5, 0.6) is 5.75 Å². The Kier molecular flexibility index (Phi) is 14.2. The maximum Gasteiger partial charge on any atom is 0.224 e. The van der Waals surface area contributed by atoms with Gasteiger partial charge >= 0.3 is 0 Å². The van der Waals surface area contributed by atoms with Gasteiger partial charge in [0.05, 0.1) is 36.3 Å². The Morgan fingerprint density at radius 2 is 1.52 bits per heavy atom. The number of hydrogen-bond donors (Lipinski definition) is 6. The average Bonchev–Trinajstić information content (AvgIpc) is 3.14. The van der Waals surface area contributed by atoms with E-state index in [1.54, 1.807) is 36.4 Å². The fraction of sp³-hybridized carbons (Fsp3) is 0.366. The molecular formula is C41H50N4O7. The monoisotopic (exact) mass is 710 g/mol. The van der Waals surface area contributed by atoms with Crippen LogP contribution >= 0.6 is 0 Å². The molecule has 52 heavy (non-hydrogen) atoms. The van der Waals surface area contributed by atoms with Crippen LogP contribution in [0.1, 0.15) is 85.7 Å². The number of nitrogens with zero attached hydrogens (tertiary/aromatic N) is 1. The first-order valence-corrected chi connectivity index (χ1v) is 17.9. The van der Waals surface area contributed by atoms with Gasteiger partial charge in [-0.05, 0) is 73.0 Å². The number of benzene rings is 4. The molecular weight excluding hydrogens is 660 g/mol. The number of phenols is 1. The molecule has 276 valence electrons. The Labute approximate surface area is 305 Å². The van der Waals surface area contributed by atoms with Gasteiger partial charge in [0.25, 0.3) is 0 Å². The highest BCUT2D eigenvalue weighted by Gasteiger charge is 2.33. The standard InChI is InChI=1S/C41H50N4O7/c1-45(26-37(48)31-9-8-10-33(47)23-31)25-34-24-38(29-17-15-28(27-46)16-18-29)52-41(51-34)30-19-21-32(22-20-30)43-39(49)13-4-2-3-5-14-40(50)44-36-12-7-6-11-35(36)42/h6-12,15-23,34,37-38,41,46-48H,2-5,13-14,24-27,42H2,1H3,(H,43,49)(H,44,50)/t34-,37+,38+,41+/m0/s1. The lowest BCUT2D eigenvalue weighted by molar-refractivity contribution is -0.252. The van der Waals surface area contributed by atoms with Crippen molar-refractivity contribution in [3.8, 4) is 5.75 Å². The van der Waals surface area contributed by atoms with E-state index in [9.17, 15) is 24.9 Å². The molecule has 11 heteroatoms. The van der Waals surface area contributed by atoms with Crippen molar-refractivity contribution in [2.45, 2.75) is 76.2 Å². The number of anilines is 3. The first kappa shape index (κ1) is 38.5. The number of para-hydroxylation sites is 2. The second-order valence-electron chi connectivity index (χ2n) is 13.4. The van der Waals surface area contributed by atoms with Crippen LogP contribution in [0.4, 0.5) is 17.1 Å². The van der Waals surface area contributed by atoms with E-state index in [4.69, 9.17) is 15.2 Å². The summed E-state index contributed by atoms with van der Waals surface area (Å²) in [5.41, 5.74) is 11.0. The molecule has 4 aromatic rings. The Hall–Kier alpha value is -4.78. The molecule has 0 spiro atoms. The number of carbonyl (C=O) groups excluding carboxylic acids is 2. The van der Waals surface area contributed by atoms with Gasteiger partial charge in [0.15, 0.2) is 6.29 Å². The van der Waals surface area contributed by atoms with Gasteiger partial charge in [-0.2, -0.15) is 0 Å². The van der Waals surface area contributed by atoms with Crippen molar-refractivity contribution < 1.29 is 34.4 Å². The van der Waals surface area contributed by atoms with E-state index in [0.29, 0.717) is 55.0 Å². The number of hydrogen-bond acceptors (Lipinski definition) is 9. The topological polar surface area (TPSA) is 167 Å². The van der Waals surface area contributed by atoms with Gasteiger partial charge in [0, 0.05) is 43.6 Å². The zero-order chi connectivity index (χ0) is 36.9. The Balaban J connectivity index is 1.10. The lowest BCUT2D eigenvalue weighted by Gasteiger charge is -2.38. The maximum absolute atomic E-state index is 12.7. The molecule has 4 atom stereocenters. The third-order valence-electron chi connectivity index (χ3n) is 9.13. The summed E-state index contributed by atoms with van der Waals surface area (Å²) in [7, 11) is 1.92. The largest absolute Gasteiger partial charge is 0.508 e. The molecule has 2 amide bonds. The van der Waals surface area contributed by atoms with Gasteiger partial charge in [-0.3, -0.25) is 9.59 Å². The zero-order valence-electron chi connectivity index (χ0n) is 29.6. The molecule has 1 aliphatic heterocycles. The molecule has 0 saturated carbocycles. The SMILES string of the molecule is CN(C[C@@H]1C[C@H](c2ccc(CO)cc2)O[C@H](c2ccc(NC(=O)CCCCCCC(=O)Nc3ccccc3N)cc2)O1)C[C@@H](O)c1cccc(O)c1. The first-order chi connectivity index (χ1) is 25.2. The number of aliphatic hydroxyl groups is 2. The van der Waals surface area contributed by atoms with Crippen LogP contribution in [0.2, 0.25) is 0 Å². The van der Waals surface area contributed by atoms with E-state index in [2.05, 4.69) is 10.6 Å². The molecule has 11 nitrogen and oxygen atoms in total. The van der Waals surface area contributed by atoms with Gasteiger partial charge in [-0.25, -0.2) is 0 Å². The van der Waals surface area contributed by atoms with Crippen LogP contribution in [0.15, 0.2) is 97.1 Å². The number of likely N-dealkylation sites (N-methyl/N-ethyl adjacent to an activating group) is 1. The number of rotatable bonds is 17. The minimum absolute atomic E-state index is 0.0401. The Morgan fingerprint density at radius 3 is 2.19 bits per heavy atom. The number of amides is 2. The number of carbonyl (C=O) groups is 2. The Bertz CT molecular complexity index is 1730. The summed E-state index contributed by atoms with van der Waals surface area (Å²) in [5, 5.41) is 36.0. The van der Waals surface area contributed by atoms with Crippen molar-refractivity contribution in [3.63, 3.8) is 0 Å². The molecule has 1 saturated heterocycles. The number of nitrogens with two attached hydrogens (primary N) is 1. The second-order valence-corrected chi connectivity index (χ2v) is 13.4. The van der Waals surface area contributed by atoms with Crippen LogP contribution in [-0.2, 0) is 25.7 Å². The minimum Gasteiger partial charge on any atom is -0.508 e. The number of aromatic hydroxyl groups is 1. The summed E-state index contributed by atoms with van der Waals surface area (Å²) in [6.07, 6.45) is 2.60. The second kappa shape index (κ2) is 19.2. The third kappa shape index (κ3) is 11.6. The highest BCUT2D eigenvalue weighted by Crippen LogP contribution is 2.38. The molecule has 0 unspecified atom stereocenters. The lowest BCUT2D eigenvalue weighted by atomic mass is 9.99. The van der Waals surface area contributed by atoms with Crippen molar-refractivity contribution >= 4 is 28.9 Å². The smallest absolute Gasteiger partial charge is 0.224 e. The molecule has 7 N–H and O–H groups in total. The number of phenolic OH excluding ortho intramolecular Hbond substituents is 1.